The van der Waals surface area contributed by atoms with Crippen LogP contribution in [0.15, 0.2) is 5.03 Å². The van der Waals surface area contributed by atoms with Gasteiger partial charge in [-0.15, -0.1) is 0 Å². The molecule has 1 rings (SSSR count). The van der Waals surface area contributed by atoms with Gasteiger partial charge >= 0.3 is 5.97 Å². The number of hydrogen-bond acceptors (Lipinski definition) is 3. The molecule has 0 fully saturated rings. The lowest BCUT2D eigenvalue weighted by Crippen LogP contribution is -2.12. The van der Waals surface area contributed by atoms with Gasteiger partial charge in [-0.05, 0) is 31.9 Å². The number of aromatic nitrogens is 1. The first-order valence-corrected chi connectivity index (χ1v) is 6.90. The van der Waals surface area contributed by atoms with Crippen LogP contribution in [-0.2, 0) is 15.6 Å². The Morgan fingerprint density at radius 3 is 2.19 bits per heavy atom. The van der Waals surface area contributed by atoms with Gasteiger partial charge < -0.3 is 9.67 Å². The SMILES string of the molecule is CCn1c(C(=O)O)c(C)c(C)c1S(=O)(=O)Cl. The lowest BCUT2D eigenvalue weighted by atomic mass is 10.2. The van der Waals surface area contributed by atoms with Gasteiger partial charge in [-0.1, -0.05) is 0 Å². The third-order valence-electron chi connectivity index (χ3n) is 2.50. The van der Waals surface area contributed by atoms with Crippen LogP contribution < -0.4 is 0 Å². The summed E-state index contributed by atoms with van der Waals surface area (Å²) in [6.07, 6.45) is 0. The van der Waals surface area contributed by atoms with E-state index in [1.54, 1.807) is 20.8 Å². The third-order valence-corrected chi connectivity index (χ3v) is 3.93. The zero-order chi connectivity index (χ0) is 12.7. The first kappa shape index (κ1) is 13.1. The molecular weight excluding hydrogens is 254 g/mol. The van der Waals surface area contributed by atoms with Crippen molar-refractivity contribution < 1.29 is 18.3 Å². The fraction of sp³-hybridized carbons (Fsp3) is 0.444. The molecule has 0 aliphatic carbocycles. The molecule has 1 heterocycles. The van der Waals surface area contributed by atoms with Crippen LogP contribution in [0.1, 0.15) is 28.5 Å². The molecule has 0 radical (unpaired) electrons. The van der Waals surface area contributed by atoms with E-state index in [1.165, 1.54) is 4.57 Å². The lowest BCUT2D eigenvalue weighted by Gasteiger charge is -2.06. The highest BCUT2D eigenvalue weighted by atomic mass is 35.7. The summed E-state index contributed by atoms with van der Waals surface area (Å²) in [6, 6.07) is 0. The predicted octanol–water partition coefficient (Wildman–Crippen LogP) is 1.75. The molecule has 0 unspecified atom stereocenters. The highest BCUT2D eigenvalue weighted by Crippen LogP contribution is 2.28. The Kier molecular flexibility index (Phi) is 3.35. The summed E-state index contributed by atoms with van der Waals surface area (Å²) in [7, 11) is 1.36. The van der Waals surface area contributed by atoms with Crippen molar-refractivity contribution in [2.45, 2.75) is 32.3 Å². The van der Waals surface area contributed by atoms with E-state index >= 15 is 0 Å². The molecule has 1 N–H and O–H groups in total. The largest absolute Gasteiger partial charge is 0.477 e. The Labute approximate surface area is 98.1 Å². The topological polar surface area (TPSA) is 76.4 Å². The van der Waals surface area contributed by atoms with Crippen molar-refractivity contribution in [3.63, 3.8) is 0 Å². The first-order chi connectivity index (χ1) is 7.21. The maximum absolute atomic E-state index is 11.4. The monoisotopic (exact) mass is 265 g/mol. The highest BCUT2D eigenvalue weighted by Gasteiger charge is 2.27. The number of hydrogen-bond donors (Lipinski definition) is 1. The molecule has 16 heavy (non-hydrogen) atoms. The second-order valence-corrected chi connectivity index (χ2v) is 5.87. The second kappa shape index (κ2) is 4.10. The minimum atomic E-state index is -3.94. The van der Waals surface area contributed by atoms with Gasteiger partial charge in [0.25, 0.3) is 9.05 Å². The molecule has 0 aromatic carbocycles. The van der Waals surface area contributed by atoms with Crippen LogP contribution in [0.5, 0.6) is 0 Å². The fourth-order valence-corrected chi connectivity index (χ4v) is 3.34. The van der Waals surface area contributed by atoms with Crippen molar-refractivity contribution in [2.75, 3.05) is 0 Å². The van der Waals surface area contributed by atoms with Crippen LogP contribution in [0.4, 0.5) is 0 Å². The summed E-state index contributed by atoms with van der Waals surface area (Å²) in [5, 5.41) is 8.89. The highest BCUT2D eigenvalue weighted by molar-refractivity contribution is 8.13. The Morgan fingerprint density at radius 2 is 1.88 bits per heavy atom. The fourth-order valence-electron chi connectivity index (χ4n) is 1.74. The maximum Gasteiger partial charge on any atom is 0.352 e. The van der Waals surface area contributed by atoms with Crippen molar-refractivity contribution in [2.24, 2.45) is 0 Å². The van der Waals surface area contributed by atoms with Gasteiger partial charge in [0.1, 0.15) is 5.69 Å². The third kappa shape index (κ3) is 1.94. The molecule has 0 saturated heterocycles. The number of carboxylic acid groups (broad SMARTS) is 1. The average molecular weight is 266 g/mol. The van der Waals surface area contributed by atoms with Crippen LogP contribution >= 0.6 is 10.7 Å². The van der Waals surface area contributed by atoms with Crippen LogP contribution in [0, 0.1) is 13.8 Å². The van der Waals surface area contributed by atoms with Gasteiger partial charge in [0.05, 0.1) is 0 Å². The molecule has 7 heteroatoms. The van der Waals surface area contributed by atoms with E-state index in [1.807, 2.05) is 0 Å². The van der Waals surface area contributed by atoms with E-state index < -0.39 is 15.0 Å². The van der Waals surface area contributed by atoms with E-state index in [9.17, 15) is 13.2 Å². The molecule has 1 aromatic rings. The molecule has 5 nitrogen and oxygen atoms in total. The molecule has 0 aliphatic rings. The van der Waals surface area contributed by atoms with E-state index in [0.29, 0.717) is 11.1 Å². The second-order valence-electron chi connectivity index (χ2n) is 3.39. The summed E-state index contributed by atoms with van der Waals surface area (Å²) in [5.41, 5.74) is 0.780. The number of carboxylic acids is 1. The standard InChI is InChI=1S/C9H12ClNO4S/c1-4-11-7(9(12)13)5(2)6(3)8(11)16(10,14)15/h4H2,1-3H3,(H,12,13). The molecule has 0 atom stereocenters. The normalized spacial score (nSPS) is 11.8. The average Bonchev–Trinajstić information content (AvgIpc) is 2.38. The van der Waals surface area contributed by atoms with E-state index in [4.69, 9.17) is 15.8 Å². The molecule has 90 valence electrons. The zero-order valence-corrected chi connectivity index (χ0v) is 10.7. The first-order valence-electron chi connectivity index (χ1n) is 4.59. The molecular formula is C9H12ClNO4S. The summed E-state index contributed by atoms with van der Waals surface area (Å²) in [4.78, 5) is 11.0. The van der Waals surface area contributed by atoms with Crippen LogP contribution in [-0.4, -0.2) is 24.1 Å². The molecule has 0 saturated carbocycles. The van der Waals surface area contributed by atoms with Crippen LogP contribution in [0.3, 0.4) is 0 Å². The maximum atomic E-state index is 11.4. The van der Waals surface area contributed by atoms with Crippen molar-refractivity contribution in [3.05, 3.63) is 16.8 Å². The van der Waals surface area contributed by atoms with Crippen molar-refractivity contribution in [1.82, 2.24) is 4.57 Å². The summed E-state index contributed by atoms with van der Waals surface area (Å²) >= 11 is 0. The van der Waals surface area contributed by atoms with Crippen molar-refractivity contribution in [3.8, 4) is 0 Å². The number of aromatic carboxylic acids is 1. The molecule has 0 spiro atoms. The van der Waals surface area contributed by atoms with Gasteiger partial charge in [0.15, 0.2) is 5.03 Å². The van der Waals surface area contributed by atoms with E-state index in [-0.39, 0.29) is 17.3 Å². The van der Waals surface area contributed by atoms with Crippen LogP contribution in [0.2, 0.25) is 0 Å². The minimum Gasteiger partial charge on any atom is -0.477 e. The molecule has 0 aliphatic heterocycles. The molecule has 0 bridgehead atoms. The molecule has 0 amide bonds. The Balaban J connectivity index is 3.77. The van der Waals surface area contributed by atoms with Gasteiger partial charge in [0, 0.05) is 17.2 Å². The van der Waals surface area contributed by atoms with E-state index in [0.717, 1.165) is 0 Å². The molecule has 1 aromatic heterocycles. The Bertz CT molecular complexity index is 544. The van der Waals surface area contributed by atoms with Crippen LogP contribution in [0.25, 0.3) is 0 Å². The number of nitrogens with zero attached hydrogens (tertiary/aromatic N) is 1. The summed E-state index contributed by atoms with van der Waals surface area (Å²) in [5.74, 6) is -1.16. The predicted molar refractivity (Wildman–Crippen MR) is 59.6 cm³/mol. The Hall–Kier alpha value is -1.01. The van der Waals surface area contributed by atoms with Crippen molar-refractivity contribution in [1.29, 1.82) is 0 Å². The number of carbonyl (C=O) groups is 1. The van der Waals surface area contributed by atoms with Gasteiger partial charge in [-0.3, -0.25) is 0 Å². The quantitative estimate of drug-likeness (QED) is 0.845. The number of halogens is 1. The van der Waals surface area contributed by atoms with E-state index in [2.05, 4.69) is 0 Å². The number of rotatable bonds is 3. The zero-order valence-electron chi connectivity index (χ0n) is 9.11. The smallest absolute Gasteiger partial charge is 0.352 e. The summed E-state index contributed by atoms with van der Waals surface area (Å²) in [6.45, 7) is 5.01. The minimum absolute atomic E-state index is 0.0285. The van der Waals surface area contributed by atoms with Crippen molar-refractivity contribution >= 4 is 25.7 Å². The van der Waals surface area contributed by atoms with Gasteiger partial charge in [-0.2, -0.15) is 0 Å². The lowest BCUT2D eigenvalue weighted by molar-refractivity contribution is 0.0683. The summed E-state index contributed by atoms with van der Waals surface area (Å²) < 4.78 is 24.0. The van der Waals surface area contributed by atoms with Gasteiger partial charge in [-0.25, -0.2) is 13.2 Å². The Morgan fingerprint density at radius 1 is 1.38 bits per heavy atom. The van der Waals surface area contributed by atoms with Gasteiger partial charge in [0.2, 0.25) is 0 Å².